The maximum absolute atomic E-state index is 11.9. The monoisotopic (exact) mass is 420 g/mol. The molecule has 4 aliphatic rings. The molecule has 0 amide bonds. The van der Waals surface area contributed by atoms with Crippen LogP contribution >= 0.6 is 0 Å². The lowest BCUT2D eigenvalue weighted by Crippen LogP contribution is -2.66. The Morgan fingerprint density at radius 2 is 1.34 bits per heavy atom. The van der Waals surface area contributed by atoms with Gasteiger partial charge in [0.25, 0.3) is 0 Å². The fraction of sp³-hybridized carbons (Fsp3) is 0.958. The summed E-state index contributed by atoms with van der Waals surface area (Å²) < 4.78 is 8.33. The molecule has 5 heteroatoms. The van der Waals surface area contributed by atoms with Crippen molar-refractivity contribution in [3.05, 3.63) is 0 Å². The van der Waals surface area contributed by atoms with Crippen LogP contribution in [0.4, 0.5) is 0 Å². The van der Waals surface area contributed by atoms with Crippen LogP contribution in [0.15, 0.2) is 0 Å². The number of ether oxygens (including phenoxy) is 1. The lowest BCUT2D eigenvalue weighted by atomic mass is 10.3. The van der Waals surface area contributed by atoms with Crippen molar-refractivity contribution in [2.45, 2.75) is 113 Å². The van der Waals surface area contributed by atoms with E-state index in [9.17, 15) is 4.79 Å². The minimum Gasteiger partial charge on any atom is -0.466 e. The first kappa shape index (κ1) is 21.8. The molecule has 29 heavy (non-hydrogen) atoms. The molecule has 1 saturated heterocycles. The van der Waals surface area contributed by atoms with Gasteiger partial charge in [-0.1, -0.05) is 77.0 Å². The average molecular weight is 421 g/mol. The average Bonchev–Trinajstić information content (AvgIpc) is 3.51. The van der Waals surface area contributed by atoms with Gasteiger partial charge in [0.15, 0.2) is 0 Å². The fourth-order valence-corrected chi connectivity index (χ4v) is 16.3. The van der Waals surface area contributed by atoms with Crippen molar-refractivity contribution < 1.29 is 9.53 Å². The Labute approximate surface area is 179 Å². The predicted molar refractivity (Wildman–Crippen MR) is 121 cm³/mol. The number of rotatable bonds is 8. The highest BCUT2D eigenvalue weighted by molar-refractivity contribution is 6.81. The lowest BCUT2D eigenvalue weighted by molar-refractivity contribution is -0.143. The summed E-state index contributed by atoms with van der Waals surface area (Å²) in [5.41, 5.74) is 3.16. The molecule has 0 aromatic carbocycles. The highest BCUT2D eigenvalue weighted by Gasteiger charge is 2.58. The summed E-state index contributed by atoms with van der Waals surface area (Å²) in [6, 6.07) is 0. The zero-order valence-electron chi connectivity index (χ0n) is 18.9. The van der Waals surface area contributed by atoms with Gasteiger partial charge in [0.2, 0.25) is 0 Å². The van der Waals surface area contributed by atoms with Crippen LogP contribution in [0.1, 0.15) is 96.8 Å². The summed E-state index contributed by atoms with van der Waals surface area (Å²) in [6.07, 6.45) is 19.9. The molecule has 0 radical (unpaired) electrons. The van der Waals surface area contributed by atoms with Gasteiger partial charge in [0.05, 0.1) is 13.0 Å². The second-order valence-corrected chi connectivity index (χ2v) is 15.1. The minimum absolute atomic E-state index is 0.0180. The van der Waals surface area contributed by atoms with Gasteiger partial charge in [0, 0.05) is 19.8 Å². The summed E-state index contributed by atoms with van der Waals surface area (Å²) in [4.78, 5) is 14.5. The van der Waals surface area contributed by atoms with Crippen molar-refractivity contribution in [1.29, 1.82) is 0 Å². The van der Waals surface area contributed by atoms with Crippen LogP contribution in [0.3, 0.4) is 0 Å². The Morgan fingerprint density at radius 1 is 0.828 bits per heavy atom. The molecular weight excluding hydrogens is 376 g/mol. The smallest absolute Gasteiger partial charge is 0.307 e. The Bertz CT molecular complexity index is 484. The summed E-state index contributed by atoms with van der Waals surface area (Å²) in [7, 11) is -1.53. The van der Waals surface area contributed by atoms with E-state index in [4.69, 9.17) is 4.74 Å². The summed E-state index contributed by atoms with van der Waals surface area (Å²) in [6.45, 7) is 6.96. The second-order valence-electron chi connectivity index (χ2n) is 10.3. The molecule has 0 N–H and O–H groups in total. The molecule has 4 fully saturated rings. The van der Waals surface area contributed by atoms with Gasteiger partial charge in [-0.25, -0.2) is 0 Å². The van der Waals surface area contributed by atoms with Gasteiger partial charge < -0.3 is 9.30 Å². The van der Waals surface area contributed by atoms with Crippen LogP contribution in [0.5, 0.6) is 0 Å². The van der Waals surface area contributed by atoms with E-state index in [1.54, 1.807) is 0 Å². The molecule has 166 valence electrons. The number of carbonyl (C=O) groups excluding carboxylic acids is 1. The van der Waals surface area contributed by atoms with Crippen LogP contribution in [-0.4, -0.2) is 56.6 Å². The van der Waals surface area contributed by atoms with E-state index in [0.29, 0.717) is 13.0 Å². The fourth-order valence-electron chi connectivity index (χ4n) is 7.79. The van der Waals surface area contributed by atoms with Gasteiger partial charge in [-0.3, -0.25) is 9.69 Å². The Morgan fingerprint density at radius 3 is 1.83 bits per heavy atom. The van der Waals surface area contributed by atoms with E-state index in [-0.39, 0.29) is 5.97 Å². The molecular formula is C24H44N2O2Si. The SMILES string of the molecule is CCOC(=O)CCN1CCCN([Si](C2CCCC2)(C2CCCC2)C2CCCC2)C1. The van der Waals surface area contributed by atoms with E-state index in [2.05, 4.69) is 9.47 Å². The third-order valence-corrected chi connectivity index (χ3v) is 15.9. The molecule has 3 saturated carbocycles. The Kier molecular flexibility index (Phi) is 7.73. The number of esters is 1. The summed E-state index contributed by atoms with van der Waals surface area (Å²) >= 11 is 0. The molecule has 0 aromatic rings. The van der Waals surface area contributed by atoms with Crippen molar-refractivity contribution in [3.8, 4) is 0 Å². The van der Waals surface area contributed by atoms with Gasteiger partial charge in [-0.15, -0.1) is 0 Å². The second kappa shape index (κ2) is 10.3. The van der Waals surface area contributed by atoms with Crippen LogP contribution in [0.25, 0.3) is 0 Å². The summed E-state index contributed by atoms with van der Waals surface area (Å²) in [5.74, 6) is -0.0180. The van der Waals surface area contributed by atoms with E-state index in [1.165, 1.54) is 96.6 Å². The number of hydrogen-bond acceptors (Lipinski definition) is 4. The zero-order valence-corrected chi connectivity index (χ0v) is 19.9. The van der Waals surface area contributed by atoms with Crippen molar-refractivity contribution in [1.82, 2.24) is 9.47 Å². The molecule has 0 spiro atoms. The van der Waals surface area contributed by atoms with Crippen molar-refractivity contribution in [3.63, 3.8) is 0 Å². The van der Waals surface area contributed by atoms with Gasteiger partial charge in [-0.2, -0.15) is 0 Å². The normalized spacial score (nSPS) is 26.5. The standard InChI is InChI=1S/C24H44N2O2Si/c1-2-28-24(27)16-19-25-17-9-18-26(20-25)29(21-10-3-4-11-21,22-12-5-6-13-22)23-14-7-8-15-23/h21-23H,2-20H2,1H3. The first-order chi connectivity index (χ1) is 14.2. The van der Waals surface area contributed by atoms with Crippen LogP contribution in [-0.2, 0) is 9.53 Å². The number of hydrogen-bond donors (Lipinski definition) is 0. The Balaban J connectivity index is 1.55. The topological polar surface area (TPSA) is 32.8 Å². The molecule has 1 heterocycles. The van der Waals surface area contributed by atoms with E-state index in [0.717, 1.165) is 29.8 Å². The molecule has 3 aliphatic carbocycles. The first-order valence-electron chi connectivity index (χ1n) is 12.9. The van der Waals surface area contributed by atoms with E-state index >= 15 is 0 Å². The molecule has 4 nitrogen and oxygen atoms in total. The van der Waals surface area contributed by atoms with Crippen LogP contribution < -0.4 is 0 Å². The van der Waals surface area contributed by atoms with Crippen LogP contribution in [0.2, 0.25) is 16.6 Å². The van der Waals surface area contributed by atoms with Crippen LogP contribution in [0, 0.1) is 0 Å². The molecule has 0 bridgehead atoms. The first-order valence-corrected chi connectivity index (χ1v) is 15.1. The summed E-state index contributed by atoms with van der Waals surface area (Å²) in [5, 5.41) is 0. The Hall–Kier alpha value is -0.393. The molecule has 0 aromatic heterocycles. The van der Waals surface area contributed by atoms with Gasteiger partial charge in [0.1, 0.15) is 8.24 Å². The quantitative estimate of drug-likeness (QED) is 0.373. The third kappa shape index (κ3) is 4.62. The molecule has 0 atom stereocenters. The highest BCUT2D eigenvalue weighted by atomic mass is 28.3. The van der Waals surface area contributed by atoms with Gasteiger partial charge >= 0.3 is 5.97 Å². The number of nitrogens with zero attached hydrogens (tertiary/aromatic N) is 2. The maximum Gasteiger partial charge on any atom is 0.307 e. The van der Waals surface area contributed by atoms with Crippen molar-refractivity contribution >= 4 is 14.2 Å². The third-order valence-electron chi connectivity index (χ3n) is 8.79. The van der Waals surface area contributed by atoms with Crippen molar-refractivity contribution in [2.24, 2.45) is 0 Å². The molecule has 4 rings (SSSR count). The zero-order chi connectivity index (χ0) is 20.1. The maximum atomic E-state index is 11.9. The minimum atomic E-state index is -1.53. The number of carbonyl (C=O) groups is 1. The van der Waals surface area contributed by atoms with Gasteiger partial charge in [-0.05, 0) is 36.5 Å². The molecule has 0 unspecified atom stereocenters. The highest BCUT2D eigenvalue weighted by Crippen LogP contribution is 2.60. The largest absolute Gasteiger partial charge is 0.466 e. The lowest BCUT2D eigenvalue weighted by Gasteiger charge is -2.56. The van der Waals surface area contributed by atoms with Crippen molar-refractivity contribution in [2.75, 3.05) is 32.9 Å². The van der Waals surface area contributed by atoms with E-state index < -0.39 is 8.24 Å². The molecule has 1 aliphatic heterocycles. The van der Waals surface area contributed by atoms with E-state index in [1.807, 2.05) is 6.92 Å². The predicted octanol–water partition coefficient (Wildman–Crippen LogP) is 5.68.